The second-order valence-electron chi connectivity index (χ2n) is 7.05. The van der Waals surface area contributed by atoms with Gasteiger partial charge in [0.1, 0.15) is 6.10 Å². The van der Waals surface area contributed by atoms with Crippen LogP contribution in [-0.2, 0) is 4.89 Å². The van der Waals surface area contributed by atoms with Crippen LogP contribution in [-0.4, -0.2) is 11.4 Å². The van der Waals surface area contributed by atoms with Gasteiger partial charge in [-0.05, 0) is 62.2 Å². The van der Waals surface area contributed by atoms with Crippen LogP contribution in [0.2, 0.25) is 0 Å². The number of hydrogen-bond acceptors (Lipinski definition) is 2. The number of rotatable bonds is 6. The molecule has 0 amide bonds. The van der Waals surface area contributed by atoms with Crippen molar-refractivity contribution >= 4 is 0 Å². The van der Waals surface area contributed by atoms with E-state index in [0.717, 1.165) is 17.8 Å². The molecule has 2 nitrogen and oxygen atoms in total. The minimum absolute atomic E-state index is 0.156. The zero-order valence-corrected chi connectivity index (χ0v) is 13.1. The Hall–Kier alpha value is -0.340. The molecule has 0 bridgehead atoms. The Kier molecular flexibility index (Phi) is 6.57. The van der Waals surface area contributed by atoms with Crippen molar-refractivity contribution in [3.63, 3.8) is 0 Å². The van der Waals surface area contributed by atoms with E-state index in [9.17, 15) is 0 Å². The summed E-state index contributed by atoms with van der Waals surface area (Å²) in [7, 11) is 0. The van der Waals surface area contributed by atoms with Gasteiger partial charge in [0.25, 0.3) is 0 Å². The fourth-order valence-corrected chi connectivity index (χ4v) is 4.62. The number of hydrogen-bond donors (Lipinski definition) is 1. The van der Waals surface area contributed by atoms with E-state index in [0.29, 0.717) is 5.92 Å². The third-order valence-corrected chi connectivity index (χ3v) is 5.89. The van der Waals surface area contributed by atoms with Gasteiger partial charge in [-0.25, -0.2) is 4.89 Å². The Morgan fingerprint density at radius 1 is 1.05 bits per heavy atom. The van der Waals surface area contributed by atoms with Crippen molar-refractivity contribution in [1.29, 1.82) is 0 Å². The lowest BCUT2D eigenvalue weighted by molar-refractivity contribution is -0.278. The van der Waals surface area contributed by atoms with Crippen LogP contribution < -0.4 is 0 Å². The lowest BCUT2D eigenvalue weighted by Gasteiger charge is -2.38. The molecule has 2 saturated carbocycles. The molecular weight excluding hydrogens is 248 g/mol. The van der Waals surface area contributed by atoms with E-state index >= 15 is 0 Å². The molecule has 0 aromatic heterocycles. The molecule has 0 radical (unpaired) electrons. The normalized spacial score (nSPS) is 36.5. The first-order valence-corrected chi connectivity index (χ1v) is 8.71. The first-order valence-electron chi connectivity index (χ1n) is 8.71. The van der Waals surface area contributed by atoms with Crippen LogP contribution in [0.4, 0.5) is 0 Å². The molecule has 0 saturated heterocycles. The van der Waals surface area contributed by atoms with Crippen LogP contribution in [0.1, 0.15) is 71.1 Å². The fraction of sp³-hybridized carbons (Fsp3) is 0.889. The summed E-state index contributed by atoms with van der Waals surface area (Å²) in [5.41, 5.74) is 0. The minimum Gasteiger partial charge on any atom is -0.251 e. The summed E-state index contributed by atoms with van der Waals surface area (Å²) in [6.45, 7) is 6.07. The summed E-state index contributed by atoms with van der Waals surface area (Å²) in [5, 5.41) is 8.90. The van der Waals surface area contributed by atoms with Gasteiger partial charge in [0, 0.05) is 0 Å². The van der Waals surface area contributed by atoms with Crippen molar-refractivity contribution in [2.24, 2.45) is 23.7 Å². The zero-order chi connectivity index (χ0) is 14.4. The smallest absolute Gasteiger partial charge is 0.113 e. The van der Waals surface area contributed by atoms with Gasteiger partial charge in [0.2, 0.25) is 0 Å². The fourth-order valence-electron chi connectivity index (χ4n) is 4.62. The van der Waals surface area contributed by atoms with E-state index in [-0.39, 0.29) is 6.10 Å². The highest BCUT2D eigenvalue weighted by molar-refractivity contribution is 4.90. The third kappa shape index (κ3) is 4.08. The van der Waals surface area contributed by atoms with Crippen molar-refractivity contribution in [2.45, 2.75) is 77.2 Å². The van der Waals surface area contributed by atoms with E-state index < -0.39 is 0 Å². The molecule has 2 aliphatic rings. The van der Waals surface area contributed by atoms with Gasteiger partial charge < -0.3 is 0 Å². The van der Waals surface area contributed by atoms with Gasteiger partial charge in [-0.3, -0.25) is 5.26 Å². The molecule has 1 N–H and O–H groups in total. The first kappa shape index (κ1) is 16.0. The van der Waals surface area contributed by atoms with Gasteiger partial charge >= 0.3 is 0 Å². The van der Waals surface area contributed by atoms with E-state index in [1.807, 2.05) is 0 Å². The van der Waals surface area contributed by atoms with Crippen LogP contribution in [0.25, 0.3) is 0 Å². The molecule has 0 aliphatic heterocycles. The zero-order valence-electron chi connectivity index (χ0n) is 13.1. The molecule has 0 aromatic carbocycles. The molecule has 2 rings (SSSR count). The highest BCUT2D eigenvalue weighted by Gasteiger charge is 2.32. The summed E-state index contributed by atoms with van der Waals surface area (Å²) >= 11 is 0. The Balaban J connectivity index is 1.73. The predicted octanol–water partition coefficient (Wildman–Crippen LogP) is 5.44. The largest absolute Gasteiger partial charge is 0.251 e. The van der Waals surface area contributed by atoms with Crippen molar-refractivity contribution in [1.82, 2.24) is 0 Å². The molecule has 116 valence electrons. The summed E-state index contributed by atoms with van der Waals surface area (Å²) < 4.78 is 0. The van der Waals surface area contributed by atoms with Crippen molar-refractivity contribution in [3.8, 4) is 0 Å². The lowest BCUT2D eigenvalue weighted by atomic mass is 9.68. The third-order valence-electron chi connectivity index (χ3n) is 5.89. The molecule has 0 aromatic rings. The summed E-state index contributed by atoms with van der Waals surface area (Å²) in [5.74, 6) is 3.39. The van der Waals surface area contributed by atoms with Gasteiger partial charge in [0.05, 0.1) is 0 Å². The van der Waals surface area contributed by atoms with Crippen LogP contribution in [0.15, 0.2) is 12.7 Å². The SMILES string of the molecule is C=CC(OO)C1CCC(C2CCC(CCC)CC2)CC1. The van der Waals surface area contributed by atoms with Crippen LogP contribution >= 0.6 is 0 Å². The first-order chi connectivity index (χ1) is 9.78. The average molecular weight is 280 g/mol. The summed E-state index contributed by atoms with van der Waals surface area (Å²) in [4.78, 5) is 4.54. The summed E-state index contributed by atoms with van der Waals surface area (Å²) in [6.07, 6.45) is 15.3. The van der Waals surface area contributed by atoms with Crippen molar-refractivity contribution in [3.05, 3.63) is 12.7 Å². The van der Waals surface area contributed by atoms with Crippen LogP contribution in [0, 0.1) is 23.7 Å². The highest BCUT2D eigenvalue weighted by Crippen LogP contribution is 2.43. The molecule has 0 spiro atoms. The van der Waals surface area contributed by atoms with Crippen LogP contribution in [0.5, 0.6) is 0 Å². The van der Waals surface area contributed by atoms with E-state index in [1.54, 1.807) is 6.08 Å². The Labute approximate surface area is 124 Å². The van der Waals surface area contributed by atoms with Gasteiger partial charge in [0.15, 0.2) is 0 Å². The Morgan fingerprint density at radius 2 is 1.60 bits per heavy atom. The molecule has 20 heavy (non-hydrogen) atoms. The standard InChI is InChI=1S/C18H32O2/c1-3-5-14-6-8-15(9-7-14)16-10-12-17(13-11-16)18(4-2)20-19/h4,14-19H,2-3,5-13H2,1H3. The van der Waals surface area contributed by atoms with Crippen molar-refractivity contribution < 1.29 is 10.1 Å². The van der Waals surface area contributed by atoms with E-state index in [4.69, 9.17) is 5.26 Å². The average Bonchev–Trinajstić information content (AvgIpc) is 2.50. The highest BCUT2D eigenvalue weighted by atomic mass is 17.1. The maximum Gasteiger partial charge on any atom is 0.113 e. The molecule has 2 heteroatoms. The van der Waals surface area contributed by atoms with E-state index in [1.165, 1.54) is 64.2 Å². The molecule has 2 aliphatic carbocycles. The lowest BCUT2D eigenvalue weighted by Crippen LogP contribution is -2.30. The topological polar surface area (TPSA) is 29.5 Å². The monoisotopic (exact) mass is 280 g/mol. The van der Waals surface area contributed by atoms with Gasteiger partial charge in [-0.15, -0.1) is 6.58 Å². The maximum absolute atomic E-state index is 8.90. The van der Waals surface area contributed by atoms with Crippen LogP contribution in [0.3, 0.4) is 0 Å². The predicted molar refractivity (Wildman–Crippen MR) is 83.5 cm³/mol. The molecular formula is C18H32O2. The van der Waals surface area contributed by atoms with Gasteiger partial charge in [-0.2, -0.15) is 0 Å². The molecule has 1 unspecified atom stereocenters. The van der Waals surface area contributed by atoms with Crippen molar-refractivity contribution in [2.75, 3.05) is 0 Å². The molecule has 0 heterocycles. The van der Waals surface area contributed by atoms with Gasteiger partial charge in [-0.1, -0.05) is 38.7 Å². The summed E-state index contributed by atoms with van der Waals surface area (Å²) in [6, 6.07) is 0. The second-order valence-corrected chi connectivity index (χ2v) is 7.05. The maximum atomic E-state index is 8.90. The minimum atomic E-state index is -0.156. The second kappa shape index (κ2) is 8.19. The molecule has 2 fully saturated rings. The van der Waals surface area contributed by atoms with E-state index in [2.05, 4.69) is 18.4 Å². The quantitative estimate of drug-likeness (QED) is 0.398. The molecule has 1 atom stereocenters. The Morgan fingerprint density at radius 3 is 2.05 bits per heavy atom. The Bertz CT molecular complexity index is 273.